The number of ether oxygens (including phenoxy) is 1. The molecule has 0 aromatic heterocycles. The number of amides is 2. The first-order chi connectivity index (χ1) is 10.3. The van der Waals surface area contributed by atoms with E-state index < -0.39 is 35.6 Å². The standard InChI is InChI=1S/C15H19FN2O4/c1-3-22-15(21)9(2)8-12(13(17)19)18-14(20)10-4-6-11(16)7-5-10/h4-7,9,12H,3,8H2,1-2H3,(H2,17,19)(H,18,20)/t9-,12+/m1/s1. The van der Waals surface area contributed by atoms with Crippen LogP contribution in [0, 0.1) is 11.7 Å². The average molecular weight is 310 g/mol. The Morgan fingerprint density at radius 2 is 1.86 bits per heavy atom. The van der Waals surface area contributed by atoms with Crippen LogP contribution in [0.25, 0.3) is 0 Å². The Balaban J connectivity index is 2.71. The second-order valence-electron chi connectivity index (χ2n) is 4.82. The van der Waals surface area contributed by atoms with E-state index in [1.165, 1.54) is 12.1 Å². The predicted octanol–water partition coefficient (Wildman–Crippen LogP) is 0.999. The highest BCUT2D eigenvalue weighted by Gasteiger charge is 2.25. The summed E-state index contributed by atoms with van der Waals surface area (Å²) in [6.07, 6.45) is 0.0289. The van der Waals surface area contributed by atoms with Crippen molar-refractivity contribution in [2.75, 3.05) is 6.61 Å². The minimum atomic E-state index is -1.02. The Bertz CT molecular complexity index is 545. The smallest absolute Gasteiger partial charge is 0.308 e. The van der Waals surface area contributed by atoms with Gasteiger partial charge < -0.3 is 15.8 Å². The first kappa shape index (κ1) is 17.6. The van der Waals surface area contributed by atoms with Gasteiger partial charge in [-0.25, -0.2) is 4.39 Å². The Morgan fingerprint density at radius 3 is 2.36 bits per heavy atom. The molecule has 2 atom stereocenters. The molecule has 0 aliphatic rings. The molecule has 2 amide bonds. The highest BCUT2D eigenvalue weighted by Crippen LogP contribution is 2.10. The summed E-state index contributed by atoms with van der Waals surface area (Å²) < 4.78 is 17.7. The maximum absolute atomic E-state index is 12.8. The molecule has 0 heterocycles. The molecule has 22 heavy (non-hydrogen) atoms. The van der Waals surface area contributed by atoms with E-state index in [9.17, 15) is 18.8 Å². The third-order valence-corrected chi connectivity index (χ3v) is 3.03. The predicted molar refractivity (Wildman–Crippen MR) is 77.3 cm³/mol. The van der Waals surface area contributed by atoms with Crippen molar-refractivity contribution in [1.82, 2.24) is 5.32 Å². The summed E-state index contributed by atoms with van der Waals surface area (Å²) in [7, 11) is 0. The fourth-order valence-electron chi connectivity index (χ4n) is 1.82. The van der Waals surface area contributed by atoms with Gasteiger partial charge in [-0.15, -0.1) is 0 Å². The lowest BCUT2D eigenvalue weighted by Gasteiger charge is -2.18. The van der Waals surface area contributed by atoms with Crippen LogP contribution in [0.4, 0.5) is 4.39 Å². The van der Waals surface area contributed by atoms with Crippen LogP contribution in [-0.2, 0) is 14.3 Å². The Labute approximate surface area is 127 Å². The molecule has 0 spiro atoms. The fraction of sp³-hybridized carbons (Fsp3) is 0.400. The molecule has 120 valence electrons. The molecular formula is C15H19FN2O4. The Kier molecular flexibility index (Phi) is 6.49. The number of carbonyl (C=O) groups excluding carboxylic acids is 3. The van der Waals surface area contributed by atoms with Gasteiger partial charge in [0.15, 0.2) is 0 Å². The molecule has 0 bridgehead atoms. The summed E-state index contributed by atoms with van der Waals surface area (Å²) in [5.41, 5.74) is 5.43. The molecule has 0 aliphatic heterocycles. The summed E-state index contributed by atoms with van der Waals surface area (Å²) in [5.74, 6) is -2.86. The lowest BCUT2D eigenvalue weighted by molar-refractivity contribution is -0.147. The number of primary amides is 1. The highest BCUT2D eigenvalue weighted by molar-refractivity contribution is 5.97. The molecule has 0 fully saturated rings. The van der Waals surface area contributed by atoms with Gasteiger partial charge in [-0.05, 0) is 37.6 Å². The van der Waals surface area contributed by atoms with Crippen molar-refractivity contribution >= 4 is 17.8 Å². The van der Waals surface area contributed by atoms with Crippen molar-refractivity contribution in [2.45, 2.75) is 26.3 Å². The number of rotatable bonds is 7. The van der Waals surface area contributed by atoms with E-state index in [1.54, 1.807) is 13.8 Å². The van der Waals surface area contributed by atoms with Gasteiger partial charge in [-0.1, -0.05) is 6.92 Å². The first-order valence-electron chi connectivity index (χ1n) is 6.87. The Hall–Kier alpha value is -2.44. The maximum Gasteiger partial charge on any atom is 0.308 e. The molecule has 0 saturated carbocycles. The van der Waals surface area contributed by atoms with Gasteiger partial charge in [0.2, 0.25) is 5.91 Å². The topological polar surface area (TPSA) is 98.5 Å². The number of hydrogen-bond acceptors (Lipinski definition) is 4. The zero-order valence-corrected chi connectivity index (χ0v) is 12.5. The number of nitrogens with one attached hydrogen (secondary N) is 1. The SMILES string of the molecule is CCOC(=O)[C@H](C)C[C@H](NC(=O)c1ccc(F)cc1)C(N)=O. The van der Waals surface area contributed by atoms with E-state index in [4.69, 9.17) is 10.5 Å². The monoisotopic (exact) mass is 310 g/mol. The quantitative estimate of drug-likeness (QED) is 0.734. The largest absolute Gasteiger partial charge is 0.466 e. The molecule has 7 heteroatoms. The molecule has 1 aromatic rings. The summed E-state index contributed by atoms with van der Waals surface area (Å²) in [6.45, 7) is 3.48. The average Bonchev–Trinajstić information content (AvgIpc) is 2.47. The van der Waals surface area contributed by atoms with Crippen LogP contribution < -0.4 is 11.1 Å². The van der Waals surface area contributed by atoms with Crippen LogP contribution in [0.3, 0.4) is 0 Å². The number of carbonyl (C=O) groups is 3. The van der Waals surface area contributed by atoms with Gasteiger partial charge >= 0.3 is 5.97 Å². The van der Waals surface area contributed by atoms with Crippen molar-refractivity contribution in [1.29, 1.82) is 0 Å². The van der Waals surface area contributed by atoms with Crippen LogP contribution in [0.2, 0.25) is 0 Å². The van der Waals surface area contributed by atoms with E-state index in [-0.39, 0.29) is 18.6 Å². The molecule has 6 nitrogen and oxygen atoms in total. The maximum atomic E-state index is 12.8. The van der Waals surface area contributed by atoms with E-state index in [0.717, 1.165) is 12.1 Å². The number of hydrogen-bond donors (Lipinski definition) is 2. The molecule has 1 rings (SSSR count). The summed E-state index contributed by atoms with van der Waals surface area (Å²) >= 11 is 0. The number of benzene rings is 1. The highest BCUT2D eigenvalue weighted by atomic mass is 19.1. The van der Waals surface area contributed by atoms with Gasteiger partial charge in [-0.3, -0.25) is 14.4 Å². The van der Waals surface area contributed by atoms with E-state index in [2.05, 4.69) is 5.32 Å². The molecule has 0 saturated heterocycles. The van der Waals surface area contributed by atoms with Gasteiger partial charge in [-0.2, -0.15) is 0 Å². The second kappa shape index (κ2) is 8.11. The fourth-order valence-corrected chi connectivity index (χ4v) is 1.82. The third-order valence-electron chi connectivity index (χ3n) is 3.03. The normalized spacial score (nSPS) is 13.0. The van der Waals surface area contributed by atoms with E-state index in [0.29, 0.717) is 0 Å². The second-order valence-corrected chi connectivity index (χ2v) is 4.82. The zero-order chi connectivity index (χ0) is 16.7. The number of nitrogens with two attached hydrogens (primary N) is 1. The minimum absolute atomic E-state index is 0.0289. The minimum Gasteiger partial charge on any atom is -0.466 e. The van der Waals surface area contributed by atoms with Crippen LogP contribution >= 0.6 is 0 Å². The van der Waals surface area contributed by atoms with Crippen molar-refractivity contribution < 1.29 is 23.5 Å². The summed E-state index contributed by atoms with van der Waals surface area (Å²) in [5, 5.41) is 2.44. The van der Waals surface area contributed by atoms with Crippen molar-refractivity contribution in [3.05, 3.63) is 35.6 Å². The van der Waals surface area contributed by atoms with Gasteiger partial charge in [0.05, 0.1) is 12.5 Å². The van der Waals surface area contributed by atoms with Crippen LogP contribution in [-0.4, -0.2) is 30.4 Å². The zero-order valence-electron chi connectivity index (χ0n) is 12.5. The number of esters is 1. The van der Waals surface area contributed by atoms with E-state index >= 15 is 0 Å². The van der Waals surface area contributed by atoms with Crippen LogP contribution in [0.15, 0.2) is 24.3 Å². The van der Waals surface area contributed by atoms with Crippen molar-refractivity contribution in [2.24, 2.45) is 11.7 Å². The van der Waals surface area contributed by atoms with E-state index in [1.807, 2.05) is 0 Å². The van der Waals surface area contributed by atoms with Gasteiger partial charge in [0.1, 0.15) is 11.9 Å². The molecule has 0 unspecified atom stereocenters. The molecule has 0 radical (unpaired) electrons. The van der Waals surface area contributed by atoms with Crippen molar-refractivity contribution in [3.8, 4) is 0 Å². The third kappa shape index (κ3) is 5.16. The molecule has 0 aliphatic carbocycles. The molecule has 3 N–H and O–H groups in total. The van der Waals surface area contributed by atoms with Gasteiger partial charge in [0, 0.05) is 5.56 Å². The molecular weight excluding hydrogens is 291 g/mol. The summed E-state index contributed by atoms with van der Waals surface area (Å²) in [4.78, 5) is 35.0. The van der Waals surface area contributed by atoms with Crippen LogP contribution in [0.1, 0.15) is 30.6 Å². The van der Waals surface area contributed by atoms with Crippen molar-refractivity contribution in [3.63, 3.8) is 0 Å². The van der Waals surface area contributed by atoms with Gasteiger partial charge in [0.25, 0.3) is 5.91 Å². The Morgan fingerprint density at radius 1 is 1.27 bits per heavy atom. The lowest BCUT2D eigenvalue weighted by atomic mass is 10.0. The first-order valence-corrected chi connectivity index (χ1v) is 6.87. The van der Waals surface area contributed by atoms with Crippen LogP contribution in [0.5, 0.6) is 0 Å². The summed E-state index contributed by atoms with van der Waals surface area (Å²) in [6, 6.07) is 3.83. The lowest BCUT2D eigenvalue weighted by Crippen LogP contribution is -2.46. The molecule has 1 aromatic carbocycles. The number of halogens is 1.